The first kappa shape index (κ1) is 14.3. The first-order valence-electron chi connectivity index (χ1n) is 6.41. The Morgan fingerprint density at radius 1 is 1.42 bits per heavy atom. The average molecular weight is 294 g/mol. The molecule has 0 saturated carbocycles. The summed E-state index contributed by atoms with van der Waals surface area (Å²) >= 11 is 6.94. The molecule has 0 aliphatic carbocycles. The standard InChI is InChI=1S/C14H18N2OS2/c15-13(18)12(10-5-2-1-3-6-10)14(17)16-11-7-4-8-19-9-11/h1-3,5-6,11-12H,4,7-9H2,(H2,15,18)(H,16,17). The van der Waals surface area contributed by atoms with E-state index in [2.05, 4.69) is 5.32 Å². The van der Waals surface area contributed by atoms with Gasteiger partial charge in [0.25, 0.3) is 0 Å². The van der Waals surface area contributed by atoms with E-state index in [1.807, 2.05) is 42.1 Å². The van der Waals surface area contributed by atoms with E-state index in [0.717, 1.165) is 24.2 Å². The lowest BCUT2D eigenvalue weighted by Crippen LogP contribution is -2.43. The van der Waals surface area contributed by atoms with Gasteiger partial charge in [0, 0.05) is 11.8 Å². The summed E-state index contributed by atoms with van der Waals surface area (Å²) in [5, 5.41) is 3.07. The molecule has 2 unspecified atom stereocenters. The molecule has 0 aromatic heterocycles. The molecule has 0 bridgehead atoms. The van der Waals surface area contributed by atoms with E-state index >= 15 is 0 Å². The summed E-state index contributed by atoms with van der Waals surface area (Å²) in [5.41, 5.74) is 6.60. The summed E-state index contributed by atoms with van der Waals surface area (Å²) in [6.07, 6.45) is 2.19. The number of hydrogen-bond donors (Lipinski definition) is 2. The molecular weight excluding hydrogens is 276 g/mol. The van der Waals surface area contributed by atoms with Crippen LogP contribution in [0.5, 0.6) is 0 Å². The van der Waals surface area contributed by atoms with Crippen molar-refractivity contribution in [2.45, 2.75) is 24.8 Å². The van der Waals surface area contributed by atoms with E-state index in [0.29, 0.717) is 0 Å². The third-order valence-electron chi connectivity index (χ3n) is 3.19. The maximum Gasteiger partial charge on any atom is 0.234 e. The Kier molecular flexibility index (Phi) is 5.22. The Morgan fingerprint density at radius 2 is 2.16 bits per heavy atom. The highest BCUT2D eigenvalue weighted by atomic mass is 32.2. The molecule has 1 heterocycles. The van der Waals surface area contributed by atoms with Gasteiger partial charge >= 0.3 is 0 Å². The van der Waals surface area contributed by atoms with E-state index in [1.165, 1.54) is 5.75 Å². The molecule has 19 heavy (non-hydrogen) atoms. The molecule has 3 nitrogen and oxygen atoms in total. The van der Waals surface area contributed by atoms with Crippen LogP contribution in [-0.2, 0) is 4.79 Å². The van der Waals surface area contributed by atoms with Gasteiger partial charge in [0.2, 0.25) is 5.91 Å². The predicted octanol–water partition coefficient (Wildman–Crippen LogP) is 2.07. The highest BCUT2D eigenvalue weighted by molar-refractivity contribution is 7.99. The van der Waals surface area contributed by atoms with Crippen molar-refractivity contribution in [3.8, 4) is 0 Å². The van der Waals surface area contributed by atoms with Crippen LogP contribution < -0.4 is 11.1 Å². The topological polar surface area (TPSA) is 55.1 Å². The van der Waals surface area contributed by atoms with Crippen LogP contribution in [0.4, 0.5) is 0 Å². The van der Waals surface area contributed by atoms with E-state index < -0.39 is 5.92 Å². The maximum absolute atomic E-state index is 12.4. The number of rotatable bonds is 4. The number of thioether (sulfide) groups is 1. The lowest BCUT2D eigenvalue weighted by Gasteiger charge is -2.25. The summed E-state index contributed by atoms with van der Waals surface area (Å²) in [5.74, 6) is 1.56. The number of hydrogen-bond acceptors (Lipinski definition) is 3. The van der Waals surface area contributed by atoms with Crippen molar-refractivity contribution in [3.63, 3.8) is 0 Å². The van der Waals surface area contributed by atoms with E-state index in [9.17, 15) is 4.79 Å². The van der Waals surface area contributed by atoms with Crippen molar-refractivity contribution in [3.05, 3.63) is 35.9 Å². The second kappa shape index (κ2) is 6.91. The molecule has 0 radical (unpaired) electrons. The quantitative estimate of drug-likeness (QED) is 0.835. The number of amides is 1. The van der Waals surface area contributed by atoms with E-state index in [1.54, 1.807) is 0 Å². The van der Waals surface area contributed by atoms with Crippen LogP contribution in [0.2, 0.25) is 0 Å². The van der Waals surface area contributed by atoms with Gasteiger partial charge in [-0.05, 0) is 24.2 Å². The molecule has 102 valence electrons. The van der Waals surface area contributed by atoms with Gasteiger partial charge in [-0.3, -0.25) is 4.79 Å². The zero-order valence-electron chi connectivity index (χ0n) is 10.7. The molecule has 1 saturated heterocycles. The molecule has 2 rings (SSSR count). The summed E-state index contributed by atoms with van der Waals surface area (Å²) in [6, 6.07) is 9.72. The molecule has 1 amide bonds. The van der Waals surface area contributed by atoms with Crippen molar-refractivity contribution in [1.82, 2.24) is 5.32 Å². The highest BCUT2D eigenvalue weighted by Crippen LogP contribution is 2.20. The largest absolute Gasteiger partial charge is 0.392 e. The average Bonchev–Trinajstić information content (AvgIpc) is 2.40. The molecule has 0 spiro atoms. The molecule has 1 aliphatic heterocycles. The summed E-state index contributed by atoms with van der Waals surface area (Å²) < 4.78 is 0. The van der Waals surface area contributed by atoms with Gasteiger partial charge < -0.3 is 11.1 Å². The summed E-state index contributed by atoms with van der Waals surface area (Å²) in [7, 11) is 0. The van der Waals surface area contributed by atoms with E-state index in [4.69, 9.17) is 18.0 Å². The van der Waals surface area contributed by atoms with E-state index in [-0.39, 0.29) is 16.9 Å². The first-order chi connectivity index (χ1) is 9.18. The molecule has 1 aromatic carbocycles. The third kappa shape index (κ3) is 3.94. The number of thiocarbonyl (C=S) groups is 1. The smallest absolute Gasteiger partial charge is 0.234 e. The van der Waals surface area contributed by atoms with Crippen molar-refractivity contribution < 1.29 is 4.79 Å². The normalized spacial score (nSPS) is 20.5. The Labute approximate surface area is 123 Å². The Morgan fingerprint density at radius 3 is 2.74 bits per heavy atom. The second-order valence-corrected chi connectivity index (χ2v) is 6.29. The summed E-state index contributed by atoms with van der Waals surface area (Å²) in [4.78, 5) is 12.6. The number of benzene rings is 1. The fraction of sp³-hybridized carbons (Fsp3) is 0.429. The third-order valence-corrected chi connectivity index (χ3v) is 4.64. The Bertz CT molecular complexity index is 444. The molecule has 2 atom stereocenters. The number of nitrogens with two attached hydrogens (primary N) is 1. The van der Waals surface area contributed by atoms with Crippen molar-refractivity contribution >= 4 is 34.9 Å². The minimum absolute atomic E-state index is 0.0776. The van der Waals surface area contributed by atoms with Gasteiger partial charge in [0.05, 0.1) is 4.99 Å². The van der Waals surface area contributed by atoms with Crippen LogP contribution in [0.15, 0.2) is 30.3 Å². The van der Waals surface area contributed by atoms with Gasteiger partial charge in [0.15, 0.2) is 0 Å². The predicted molar refractivity (Wildman–Crippen MR) is 84.5 cm³/mol. The Balaban J connectivity index is 2.06. The Hall–Kier alpha value is -1.07. The molecule has 1 fully saturated rings. The van der Waals surface area contributed by atoms with Crippen LogP contribution in [0, 0.1) is 0 Å². The second-order valence-electron chi connectivity index (χ2n) is 4.67. The summed E-state index contributed by atoms with van der Waals surface area (Å²) in [6.45, 7) is 0. The SMILES string of the molecule is NC(=S)C(C(=O)NC1CCCSC1)c1ccccc1. The van der Waals surface area contributed by atoms with Gasteiger partial charge in [-0.1, -0.05) is 42.5 Å². The molecule has 5 heteroatoms. The van der Waals surface area contributed by atoms with Gasteiger partial charge in [-0.25, -0.2) is 0 Å². The monoisotopic (exact) mass is 294 g/mol. The van der Waals surface area contributed by atoms with Crippen LogP contribution in [0.25, 0.3) is 0 Å². The molecule has 1 aliphatic rings. The molecule has 3 N–H and O–H groups in total. The number of nitrogens with one attached hydrogen (secondary N) is 1. The van der Waals surface area contributed by atoms with Crippen LogP contribution in [0.3, 0.4) is 0 Å². The van der Waals surface area contributed by atoms with Crippen molar-refractivity contribution in [1.29, 1.82) is 0 Å². The van der Waals surface area contributed by atoms with Crippen LogP contribution >= 0.6 is 24.0 Å². The van der Waals surface area contributed by atoms with Crippen molar-refractivity contribution in [2.75, 3.05) is 11.5 Å². The fourth-order valence-corrected chi connectivity index (χ4v) is 3.54. The first-order valence-corrected chi connectivity index (χ1v) is 7.97. The van der Waals surface area contributed by atoms with Gasteiger partial charge in [-0.2, -0.15) is 11.8 Å². The minimum Gasteiger partial charge on any atom is -0.392 e. The highest BCUT2D eigenvalue weighted by Gasteiger charge is 2.26. The van der Waals surface area contributed by atoms with Crippen LogP contribution in [-0.4, -0.2) is 28.4 Å². The lowest BCUT2D eigenvalue weighted by molar-refractivity contribution is -0.121. The van der Waals surface area contributed by atoms with Gasteiger partial charge in [-0.15, -0.1) is 0 Å². The van der Waals surface area contributed by atoms with Gasteiger partial charge in [0.1, 0.15) is 5.92 Å². The van der Waals surface area contributed by atoms with Crippen molar-refractivity contribution in [2.24, 2.45) is 5.73 Å². The lowest BCUT2D eigenvalue weighted by atomic mass is 9.97. The zero-order valence-corrected chi connectivity index (χ0v) is 12.3. The number of carbonyl (C=O) groups excluding carboxylic acids is 1. The maximum atomic E-state index is 12.4. The fourth-order valence-electron chi connectivity index (χ4n) is 2.23. The zero-order chi connectivity index (χ0) is 13.7. The minimum atomic E-state index is -0.525. The number of carbonyl (C=O) groups is 1. The molecular formula is C14H18N2OS2. The molecule has 1 aromatic rings. The van der Waals surface area contributed by atoms with Crippen LogP contribution in [0.1, 0.15) is 24.3 Å².